The van der Waals surface area contributed by atoms with Crippen LogP contribution in [0, 0.1) is 5.82 Å². The van der Waals surface area contributed by atoms with E-state index in [1.165, 1.54) is 31.7 Å². The first-order valence-electron chi connectivity index (χ1n) is 8.73. The first-order valence-corrected chi connectivity index (χ1v) is 10.1. The van der Waals surface area contributed by atoms with Crippen LogP contribution >= 0.6 is 0 Å². The number of morpholine rings is 1. The molecule has 2 atom stereocenters. The second-order valence-electron chi connectivity index (χ2n) is 6.75. The molecule has 26 heavy (non-hydrogen) atoms. The summed E-state index contributed by atoms with van der Waals surface area (Å²) in [7, 11) is -3.60. The van der Waals surface area contributed by atoms with Crippen LogP contribution in [0.1, 0.15) is 24.2 Å². The third-order valence-electron chi connectivity index (χ3n) is 4.67. The Bertz CT molecular complexity index is 755. The molecule has 2 aliphatic rings. The first kappa shape index (κ1) is 19.2. The van der Waals surface area contributed by atoms with E-state index >= 15 is 0 Å². The van der Waals surface area contributed by atoms with E-state index in [2.05, 4.69) is 0 Å². The van der Waals surface area contributed by atoms with Gasteiger partial charge in [-0.3, -0.25) is 4.79 Å². The van der Waals surface area contributed by atoms with E-state index in [1.807, 2.05) is 13.8 Å². The molecule has 0 N–H and O–H groups in total. The molecule has 0 unspecified atom stereocenters. The Morgan fingerprint density at radius 1 is 1.04 bits per heavy atom. The highest BCUT2D eigenvalue weighted by atomic mass is 32.2. The molecule has 2 fully saturated rings. The van der Waals surface area contributed by atoms with Crippen LogP contribution in [0.25, 0.3) is 0 Å². The topological polar surface area (TPSA) is 70.2 Å². The van der Waals surface area contributed by atoms with E-state index in [0.717, 1.165) is 0 Å². The second-order valence-corrected chi connectivity index (χ2v) is 8.68. The minimum Gasteiger partial charge on any atom is -0.373 e. The van der Waals surface area contributed by atoms with Gasteiger partial charge in [-0.15, -0.1) is 0 Å². The average Bonchev–Trinajstić information content (AvgIpc) is 2.61. The average molecular weight is 385 g/mol. The van der Waals surface area contributed by atoms with Gasteiger partial charge in [0.15, 0.2) is 0 Å². The van der Waals surface area contributed by atoms with Gasteiger partial charge in [-0.2, -0.15) is 17.0 Å². The number of piperazine rings is 1. The predicted octanol–water partition coefficient (Wildman–Crippen LogP) is 0.938. The van der Waals surface area contributed by atoms with Crippen molar-refractivity contribution in [1.82, 2.24) is 13.5 Å². The minimum absolute atomic E-state index is 0.0136. The largest absolute Gasteiger partial charge is 0.373 e. The van der Waals surface area contributed by atoms with Gasteiger partial charge in [0.1, 0.15) is 5.82 Å². The molecule has 9 heteroatoms. The van der Waals surface area contributed by atoms with Gasteiger partial charge in [0.2, 0.25) is 0 Å². The van der Waals surface area contributed by atoms with Gasteiger partial charge in [-0.05, 0) is 26.0 Å². The monoisotopic (exact) mass is 385 g/mol. The van der Waals surface area contributed by atoms with Crippen LogP contribution in [0.3, 0.4) is 0 Å². The Balaban J connectivity index is 1.64. The number of nitrogens with zero attached hydrogens (tertiary/aromatic N) is 3. The number of amides is 1. The fourth-order valence-corrected chi connectivity index (χ4v) is 5.16. The summed E-state index contributed by atoms with van der Waals surface area (Å²) in [5, 5.41) is 0. The van der Waals surface area contributed by atoms with Gasteiger partial charge >= 0.3 is 0 Å². The molecule has 7 nitrogen and oxygen atoms in total. The number of halogens is 1. The van der Waals surface area contributed by atoms with Crippen molar-refractivity contribution in [2.24, 2.45) is 0 Å². The first-order chi connectivity index (χ1) is 12.3. The molecule has 1 amide bonds. The zero-order chi connectivity index (χ0) is 18.9. The highest BCUT2D eigenvalue weighted by molar-refractivity contribution is 7.86. The zero-order valence-electron chi connectivity index (χ0n) is 15.0. The second kappa shape index (κ2) is 7.59. The van der Waals surface area contributed by atoms with Crippen LogP contribution in [0.15, 0.2) is 24.3 Å². The Hall–Kier alpha value is -1.55. The Labute approximate surface area is 153 Å². The molecular weight excluding hydrogens is 361 g/mol. The van der Waals surface area contributed by atoms with Crippen molar-refractivity contribution in [1.29, 1.82) is 0 Å². The van der Waals surface area contributed by atoms with Crippen molar-refractivity contribution in [2.45, 2.75) is 26.1 Å². The van der Waals surface area contributed by atoms with E-state index in [1.54, 1.807) is 6.07 Å². The van der Waals surface area contributed by atoms with Crippen LogP contribution in [-0.2, 0) is 14.9 Å². The minimum atomic E-state index is -3.60. The highest BCUT2D eigenvalue weighted by Crippen LogP contribution is 2.20. The maximum Gasteiger partial charge on any atom is 0.282 e. The number of hydrogen-bond acceptors (Lipinski definition) is 4. The lowest BCUT2D eigenvalue weighted by Crippen LogP contribution is -2.57. The lowest BCUT2D eigenvalue weighted by Gasteiger charge is -2.40. The molecule has 0 spiro atoms. The zero-order valence-corrected chi connectivity index (χ0v) is 15.8. The third-order valence-corrected chi connectivity index (χ3v) is 6.64. The van der Waals surface area contributed by atoms with E-state index in [-0.39, 0.29) is 44.0 Å². The van der Waals surface area contributed by atoms with Crippen molar-refractivity contribution >= 4 is 16.1 Å². The van der Waals surface area contributed by atoms with Crippen molar-refractivity contribution < 1.29 is 22.3 Å². The Kier molecular flexibility index (Phi) is 5.61. The van der Waals surface area contributed by atoms with Gasteiger partial charge in [0.05, 0.1) is 17.8 Å². The molecule has 0 aromatic heterocycles. The van der Waals surface area contributed by atoms with Crippen molar-refractivity contribution in [3.63, 3.8) is 0 Å². The van der Waals surface area contributed by atoms with Gasteiger partial charge in [0.25, 0.3) is 16.1 Å². The summed E-state index contributed by atoms with van der Waals surface area (Å²) in [6, 6.07) is 5.82. The Morgan fingerprint density at radius 3 is 2.19 bits per heavy atom. The van der Waals surface area contributed by atoms with Crippen molar-refractivity contribution in [2.75, 3.05) is 39.3 Å². The summed E-state index contributed by atoms with van der Waals surface area (Å²) in [6.45, 7) is 5.21. The number of carbonyl (C=O) groups is 1. The summed E-state index contributed by atoms with van der Waals surface area (Å²) in [5.41, 5.74) is 0.0136. The van der Waals surface area contributed by atoms with Gasteiger partial charge in [-0.25, -0.2) is 4.39 Å². The normalized spacial score (nSPS) is 26.0. The molecular formula is C17H24FN3O4S. The Morgan fingerprint density at radius 2 is 1.62 bits per heavy atom. The van der Waals surface area contributed by atoms with E-state index in [4.69, 9.17) is 4.74 Å². The van der Waals surface area contributed by atoms with Crippen molar-refractivity contribution in [3.8, 4) is 0 Å². The molecule has 0 saturated carbocycles. The molecule has 3 rings (SSSR count). The molecule has 1 aromatic rings. The molecule has 0 radical (unpaired) electrons. The molecule has 2 saturated heterocycles. The van der Waals surface area contributed by atoms with Crippen LogP contribution in [-0.4, -0.2) is 79.3 Å². The van der Waals surface area contributed by atoms with Crippen molar-refractivity contribution in [3.05, 3.63) is 35.6 Å². The van der Waals surface area contributed by atoms with Crippen LogP contribution in [0.2, 0.25) is 0 Å². The SMILES string of the molecule is C[C@H]1CN(S(=O)(=O)N2CCN(C(=O)c3ccccc3F)CC2)C[C@H](C)O1. The maximum atomic E-state index is 13.8. The fourth-order valence-electron chi connectivity index (χ4n) is 3.41. The lowest BCUT2D eigenvalue weighted by molar-refractivity contribution is -0.0457. The summed E-state index contributed by atoms with van der Waals surface area (Å²) in [6.07, 6.45) is -0.310. The van der Waals surface area contributed by atoms with Crippen LogP contribution in [0.4, 0.5) is 4.39 Å². The third kappa shape index (κ3) is 3.90. The van der Waals surface area contributed by atoms with Gasteiger partial charge in [-0.1, -0.05) is 12.1 Å². The van der Waals surface area contributed by atoms with Crippen LogP contribution < -0.4 is 0 Å². The highest BCUT2D eigenvalue weighted by Gasteiger charge is 2.37. The van der Waals surface area contributed by atoms with E-state index in [9.17, 15) is 17.6 Å². The molecule has 2 heterocycles. The summed E-state index contributed by atoms with van der Waals surface area (Å²) < 4.78 is 48.0. The fraction of sp³-hybridized carbons (Fsp3) is 0.588. The summed E-state index contributed by atoms with van der Waals surface area (Å²) in [4.78, 5) is 14.0. The quantitative estimate of drug-likeness (QED) is 0.776. The number of benzene rings is 1. The predicted molar refractivity (Wildman–Crippen MR) is 94.4 cm³/mol. The lowest BCUT2D eigenvalue weighted by atomic mass is 10.1. The molecule has 0 aliphatic carbocycles. The number of rotatable bonds is 3. The molecule has 0 bridgehead atoms. The smallest absolute Gasteiger partial charge is 0.282 e. The number of hydrogen-bond donors (Lipinski definition) is 0. The van der Waals surface area contributed by atoms with E-state index in [0.29, 0.717) is 13.1 Å². The maximum absolute atomic E-state index is 13.8. The summed E-state index contributed by atoms with van der Waals surface area (Å²) >= 11 is 0. The number of ether oxygens (including phenoxy) is 1. The summed E-state index contributed by atoms with van der Waals surface area (Å²) in [5.74, 6) is -0.974. The van der Waals surface area contributed by atoms with E-state index < -0.39 is 21.9 Å². The van der Waals surface area contributed by atoms with Gasteiger partial charge in [0, 0.05) is 39.3 Å². The molecule has 1 aromatic carbocycles. The molecule has 2 aliphatic heterocycles. The van der Waals surface area contributed by atoms with Gasteiger partial charge < -0.3 is 9.64 Å². The molecule has 144 valence electrons. The number of carbonyl (C=O) groups excluding carboxylic acids is 1. The standard InChI is InChI=1S/C17H24FN3O4S/c1-13-11-21(12-14(2)25-13)26(23,24)20-9-7-19(8-10-20)17(22)15-5-3-4-6-16(15)18/h3-6,13-14H,7-12H2,1-2H3/t13-,14-/m0/s1. The van der Waals surface area contributed by atoms with Crippen LogP contribution in [0.5, 0.6) is 0 Å².